The number of nitrogens with one attached hydrogen (secondary N) is 2. The van der Waals surface area contributed by atoms with Gasteiger partial charge in [-0.3, -0.25) is 14.5 Å². The molecule has 0 unspecified atom stereocenters. The average Bonchev–Trinajstić information content (AvgIpc) is 3.26. The zero-order chi connectivity index (χ0) is 22.3. The van der Waals surface area contributed by atoms with Crippen LogP contribution in [-0.4, -0.2) is 65.4 Å². The summed E-state index contributed by atoms with van der Waals surface area (Å²) >= 11 is 2.95. The standard InChI is InChI=1S/C23H28N4O3S2/c1-16(21(28)24-8-5-9-27-10-12-30-13-11-27)31-15-19-25-22(29)20-18(14-32-23(20)26-19)17-6-3-2-4-7-17/h2-4,6-7,14,16H,5,8-13,15H2,1H3,(H,24,28)(H,25,26,29)/t16-/m0/s1. The first kappa shape index (κ1) is 23.0. The number of thiophene rings is 1. The van der Waals surface area contributed by atoms with E-state index in [-0.39, 0.29) is 16.7 Å². The van der Waals surface area contributed by atoms with Gasteiger partial charge < -0.3 is 15.0 Å². The van der Waals surface area contributed by atoms with Gasteiger partial charge >= 0.3 is 0 Å². The minimum absolute atomic E-state index is 0.0166. The van der Waals surface area contributed by atoms with Gasteiger partial charge in [-0.2, -0.15) is 0 Å². The Morgan fingerprint density at radius 3 is 2.88 bits per heavy atom. The van der Waals surface area contributed by atoms with E-state index in [9.17, 15) is 9.59 Å². The molecule has 3 aromatic rings. The predicted octanol–water partition coefficient (Wildman–Crippen LogP) is 3.11. The van der Waals surface area contributed by atoms with Crippen molar-refractivity contribution in [2.75, 3.05) is 39.4 Å². The van der Waals surface area contributed by atoms with Gasteiger partial charge in [-0.15, -0.1) is 23.1 Å². The molecule has 0 spiro atoms. The van der Waals surface area contributed by atoms with Crippen molar-refractivity contribution in [1.29, 1.82) is 0 Å². The van der Waals surface area contributed by atoms with E-state index in [0.717, 1.165) is 55.2 Å². The van der Waals surface area contributed by atoms with Crippen LogP contribution in [0, 0.1) is 0 Å². The summed E-state index contributed by atoms with van der Waals surface area (Å²) < 4.78 is 5.35. The van der Waals surface area contributed by atoms with Crippen LogP contribution >= 0.6 is 23.1 Å². The summed E-state index contributed by atoms with van der Waals surface area (Å²) in [6, 6.07) is 9.86. The number of fused-ring (bicyclic) bond motifs is 1. The second-order valence-corrected chi connectivity index (χ2v) is 9.95. The van der Waals surface area contributed by atoms with E-state index in [4.69, 9.17) is 4.74 Å². The summed E-state index contributed by atoms with van der Waals surface area (Å²) in [5.41, 5.74) is 1.78. The topological polar surface area (TPSA) is 87.3 Å². The molecule has 1 aliphatic heterocycles. The Morgan fingerprint density at radius 2 is 2.09 bits per heavy atom. The van der Waals surface area contributed by atoms with E-state index in [1.807, 2.05) is 42.6 Å². The molecular weight excluding hydrogens is 444 g/mol. The van der Waals surface area contributed by atoms with Crippen LogP contribution in [-0.2, 0) is 15.3 Å². The lowest BCUT2D eigenvalue weighted by Crippen LogP contribution is -2.38. The highest BCUT2D eigenvalue weighted by molar-refractivity contribution is 7.99. The largest absolute Gasteiger partial charge is 0.379 e. The lowest BCUT2D eigenvalue weighted by Gasteiger charge is -2.26. The summed E-state index contributed by atoms with van der Waals surface area (Å²) in [6.07, 6.45) is 0.927. The molecule has 0 bridgehead atoms. The van der Waals surface area contributed by atoms with Crippen molar-refractivity contribution in [2.45, 2.75) is 24.3 Å². The minimum atomic E-state index is -0.220. The molecule has 0 aliphatic carbocycles. The number of hydrogen-bond acceptors (Lipinski definition) is 7. The number of thioether (sulfide) groups is 1. The van der Waals surface area contributed by atoms with Gasteiger partial charge in [0.25, 0.3) is 5.56 Å². The molecule has 170 valence electrons. The van der Waals surface area contributed by atoms with Gasteiger partial charge in [0.15, 0.2) is 0 Å². The molecule has 0 radical (unpaired) electrons. The minimum Gasteiger partial charge on any atom is -0.379 e. The lowest BCUT2D eigenvalue weighted by molar-refractivity contribution is -0.120. The first-order chi connectivity index (χ1) is 15.6. The summed E-state index contributed by atoms with van der Waals surface area (Å²) in [7, 11) is 0. The monoisotopic (exact) mass is 472 g/mol. The Kier molecular flexibility index (Phi) is 7.96. The predicted molar refractivity (Wildman–Crippen MR) is 131 cm³/mol. The van der Waals surface area contributed by atoms with Crippen molar-refractivity contribution < 1.29 is 9.53 Å². The Balaban J connectivity index is 1.29. The first-order valence-corrected chi connectivity index (χ1v) is 12.8. The highest BCUT2D eigenvalue weighted by Gasteiger charge is 2.16. The van der Waals surface area contributed by atoms with Crippen molar-refractivity contribution in [3.05, 3.63) is 51.9 Å². The van der Waals surface area contributed by atoms with E-state index >= 15 is 0 Å². The normalized spacial score (nSPS) is 15.7. The number of carbonyl (C=O) groups excluding carboxylic acids is 1. The zero-order valence-corrected chi connectivity index (χ0v) is 19.8. The van der Waals surface area contributed by atoms with Crippen molar-refractivity contribution in [2.24, 2.45) is 0 Å². The summed E-state index contributed by atoms with van der Waals surface area (Å²) in [4.78, 5) is 35.8. The van der Waals surface area contributed by atoms with Gasteiger partial charge in [-0.25, -0.2) is 4.98 Å². The number of ether oxygens (including phenoxy) is 1. The molecule has 7 nitrogen and oxygen atoms in total. The summed E-state index contributed by atoms with van der Waals surface area (Å²) in [5.74, 6) is 1.09. The van der Waals surface area contributed by atoms with Crippen LogP contribution in [0.25, 0.3) is 21.3 Å². The van der Waals surface area contributed by atoms with Crippen LogP contribution in [0.3, 0.4) is 0 Å². The van der Waals surface area contributed by atoms with Gasteiger partial charge in [-0.1, -0.05) is 30.3 Å². The maximum absolute atomic E-state index is 12.7. The van der Waals surface area contributed by atoms with Crippen LogP contribution in [0.4, 0.5) is 0 Å². The number of carbonyl (C=O) groups is 1. The van der Waals surface area contributed by atoms with E-state index in [0.29, 0.717) is 23.5 Å². The van der Waals surface area contributed by atoms with E-state index in [2.05, 4.69) is 20.2 Å². The fourth-order valence-corrected chi connectivity index (χ4v) is 5.40. The maximum atomic E-state index is 12.7. The second-order valence-electron chi connectivity index (χ2n) is 7.76. The molecule has 2 N–H and O–H groups in total. The fourth-order valence-electron chi connectivity index (χ4n) is 3.65. The number of morpholine rings is 1. The van der Waals surface area contributed by atoms with E-state index in [1.165, 1.54) is 23.1 Å². The van der Waals surface area contributed by atoms with E-state index < -0.39 is 0 Å². The SMILES string of the molecule is C[C@H](SCc1nc2scc(-c3ccccc3)c2c(=O)[nH]1)C(=O)NCCCN1CCOCC1. The van der Waals surface area contributed by atoms with Crippen LogP contribution in [0.2, 0.25) is 0 Å². The Morgan fingerprint density at radius 1 is 1.31 bits per heavy atom. The third-order valence-electron chi connectivity index (χ3n) is 5.47. The molecule has 3 heterocycles. The van der Waals surface area contributed by atoms with E-state index in [1.54, 1.807) is 0 Å². The Labute approximate surface area is 195 Å². The first-order valence-electron chi connectivity index (χ1n) is 10.9. The third-order valence-corrected chi connectivity index (χ3v) is 7.50. The molecule has 9 heteroatoms. The molecule has 2 aromatic heterocycles. The Hall–Kier alpha value is -2.20. The highest BCUT2D eigenvalue weighted by Crippen LogP contribution is 2.30. The number of hydrogen-bond donors (Lipinski definition) is 2. The molecule has 1 amide bonds. The molecular formula is C23H28N4O3S2. The number of amides is 1. The van der Waals surface area contributed by atoms with Crippen LogP contribution < -0.4 is 10.9 Å². The number of benzene rings is 1. The van der Waals surface area contributed by atoms with Crippen molar-refractivity contribution in [3.8, 4) is 11.1 Å². The third kappa shape index (κ3) is 5.78. The number of aromatic nitrogens is 2. The van der Waals surface area contributed by atoms with Gasteiger partial charge in [-0.05, 0) is 25.5 Å². The van der Waals surface area contributed by atoms with Crippen LogP contribution in [0.15, 0.2) is 40.5 Å². The summed E-state index contributed by atoms with van der Waals surface area (Å²) in [6.45, 7) is 7.04. The molecule has 1 aliphatic rings. The molecule has 32 heavy (non-hydrogen) atoms. The quantitative estimate of drug-likeness (QED) is 0.466. The number of aromatic amines is 1. The fraction of sp³-hybridized carbons (Fsp3) is 0.435. The summed E-state index contributed by atoms with van der Waals surface area (Å²) in [5, 5.41) is 5.40. The molecule has 4 rings (SSSR count). The molecule has 1 aromatic carbocycles. The number of H-pyrrole nitrogens is 1. The Bertz CT molecular complexity index is 1090. The molecule has 0 saturated carbocycles. The van der Waals surface area contributed by atoms with Gasteiger partial charge in [0, 0.05) is 30.6 Å². The van der Waals surface area contributed by atoms with Crippen molar-refractivity contribution >= 4 is 39.2 Å². The second kappa shape index (κ2) is 11.1. The van der Waals surface area contributed by atoms with Gasteiger partial charge in [0.1, 0.15) is 10.7 Å². The van der Waals surface area contributed by atoms with Gasteiger partial charge in [0.05, 0.1) is 29.6 Å². The maximum Gasteiger partial charge on any atom is 0.260 e. The van der Waals surface area contributed by atoms with Crippen LogP contribution in [0.1, 0.15) is 19.2 Å². The van der Waals surface area contributed by atoms with Crippen molar-refractivity contribution in [1.82, 2.24) is 20.2 Å². The van der Waals surface area contributed by atoms with Crippen LogP contribution in [0.5, 0.6) is 0 Å². The lowest BCUT2D eigenvalue weighted by atomic mass is 10.1. The molecule has 1 fully saturated rings. The average molecular weight is 473 g/mol. The smallest absolute Gasteiger partial charge is 0.260 e. The highest BCUT2D eigenvalue weighted by atomic mass is 32.2. The molecule has 1 atom stereocenters. The van der Waals surface area contributed by atoms with Gasteiger partial charge in [0.2, 0.25) is 5.91 Å². The van der Waals surface area contributed by atoms with Crippen molar-refractivity contribution in [3.63, 3.8) is 0 Å². The molecule has 1 saturated heterocycles. The number of rotatable bonds is 9. The number of nitrogens with zero attached hydrogens (tertiary/aromatic N) is 2. The zero-order valence-electron chi connectivity index (χ0n) is 18.1.